The summed E-state index contributed by atoms with van der Waals surface area (Å²) in [4.78, 5) is 1.36. The van der Waals surface area contributed by atoms with Crippen molar-refractivity contribution in [2.24, 2.45) is 0 Å². The molecule has 0 unspecified atom stereocenters. The van der Waals surface area contributed by atoms with Crippen LogP contribution in [0.5, 0.6) is 0 Å². The maximum Gasteiger partial charge on any atom is 0.401 e. The lowest BCUT2D eigenvalue weighted by Gasteiger charge is -2.21. The van der Waals surface area contributed by atoms with Gasteiger partial charge in [0, 0.05) is 11.0 Å². The van der Waals surface area contributed by atoms with Crippen molar-refractivity contribution >= 4 is 15.9 Å². The molecule has 1 aromatic rings. The molecule has 1 nitrogen and oxygen atoms in total. The van der Waals surface area contributed by atoms with Crippen molar-refractivity contribution in [2.75, 3.05) is 13.1 Å². The van der Waals surface area contributed by atoms with Gasteiger partial charge in [-0.15, -0.1) is 0 Å². The molecule has 0 saturated heterocycles. The fraction of sp³-hybridized carbons (Fsp3) is 0.455. The van der Waals surface area contributed by atoms with Gasteiger partial charge in [0.1, 0.15) is 0 Å². The molecular weight excluding hydrogens is 283 g/mol. The highest BCUT2D eigenvalue weighted by atomic mass is 79.9. The molecule has 1 aromatic carbocycles. The van der Waals surface area contributed by atoms with Gasteiger partial charge in [-0.2, -0.15) is 13.2 Å². The normalized spacial score (nSPS) is 12.1. The molecule has 16 heavy (non-hydrogen) atoms. The topological polar surface area (TPSA) is 3.24 Å². The second kappa shape index (κ2) is 5.68. The quantitative estimate of drug-likeness (QED) is 0.816. The minimum Gasteiger partial charge on any atom is -0.291 e. The highest BCUT2D eigenvalue weighted by Crippen LogP contribution is 2.19. The molecule has 0 aliphatic rings. The van der Waals surface area contributed by atoms with Crippen molar-refractivity contribution in [3.8, 4) is 0 Å². The standard InChI is InChI=1S/C11H13BrF3N/c1-2-16(8-11(13,14)15)7-9-4-3-5-10(12)6-9/h3-6H,2,7-8H2,1H3. The van der Waals surface area contributed by atoms with E-state index in [9.17, 15) is 13.2 Å². The van der Waals surface area contributed by atoms with E-state index in [1.165, 1.54) is 4.90 Å². The minimum absolute atomic E-state index is 0.315. The van der Waals surface area contributed by atoms with E-state index in [-0.39, 0.29) is 0 Å². The van der Waals surface area contributed by atoms with Gasteiger partial charge in [-0.1, -0.05) is 35.0 Å². The van der Waals surface area contributed by atoms with Gasteiger partial charge >= 0.3 is 6.18 Å². The zero-order valence-corrected chi connectivity index (χ0v) is 10.5. The second-order valence-corrected chi connectivity index (χ2v) is 4.46. The predicted molar refractivity (Wildman–Crippen MR) is 61.1 cm³/mol. The zero-order chi connectivity index (χ0) is 12.2. The van der Waals surface area contributed by atoms with Gasteiger partial charge in [0.15, 0.2) is 0 Å². The largest absolute Gasteiger partial charge is 0.401 e. The maximum absolute atomic E-state index is 12.2. The van der Waals surface area contributed by atoms with Crippen LogP contribution in [0.15, 0.2) is 28.7 Å². The van der Waals surface area contributed by atoms with Crippen molar-refractivity contribution in [3.63, 3.8) is 0 Å². The molecule has 0 heterocycles. The molecule has 0 radical (unpaired) electrons. The number of hydrogen-bond donors (Lipinski definition) is 0. The first-order chi connectivity index (χ1) is 7.40. The van der Waals surface area contributed by atoms with Crippen molar-refractivity contribution in [1.82, 2.24) is 4.90 Å². The lowest BCUT2D eigenvalue weighted by atomic mass is 10.2. The minimum atomic E-state index is -4.14. The summed E-state index contributed by atoms with van der Waals surface area (Å²) in [6.45, 7) is 1.56. The van der Waals surface area contributed by atoms with Gasteiger partial charge in [0.25, 0.3) is 0 Å². The Morgan fingerprint density at radius 3 is 2.50 bits per heavy atom. The smallest absolute Gasteiger partial charge is 0.291 e. The number of benzene rings is 1. The third-order valence-electron chi connectivity index (χ3n) is 2.15. The van der Waals surface area contributed by atoms with Crippen LogP contribution >= 0.6 is 15.9 Å². The van der Waals surface area contributed by atoms with Crippen LogP contribution in [0.4, 0.5) is 13.2 Å². The van der Waals surface area contributed by atoms with Crippen LogP contribution in [0.1, 0.15) is 12.5 Å². The van der Waals surface area contributed by atoms with Crippen molar-refractivity contribution in [3.05, 3.63) is 34.3 Å². The molecule has 0 N–H and O–H groups in total. The van der Waals surface area contributed by atoms with Gasteiger partial charge < -0.3 is 0 Å². The summed E-state index contributed by atoms with van der Waals surface area (Å²) >= 11 is 3.29. The summed E-state index contributed by atoms with van der Waals surface area (Å²) in [7, 11) is 0. The van der Waals surface area contributed by atoms with Crippen LogP contribution in [0.25, 0.3) is 0 Å². The van der Waals surface area contributed by atoms with Crippen LogP contribution in [-0.2, 0) is 6.54 Å². The molecule has 0 atom stereocenters. The molecule has 1 rings (SSSR count). The Hall–Kier alpha value is -0.550. The molecule has 90 valence electrons. The molecule has 0 spiro atoms. The van der Waals surface area contributed by atoms with Gasteiger partial charge in [0.05, 0.1) is 6.54 Å². The number of alkyl halides is 3. The Morgan fingerprint density at radius 1 is 1.31 bits per heavy atom. The van der Waals surface area contributed by atoms with Gasteiger partial charge in [0.2, 0.25) is 0 Å². The molecule has 0 amide bonds. The van der Waals surface area contributed by atoms with Crippen LogP contribution < -0.4 is 0 Å². The van der Waals surface area contributed by atoms with Crippen LogP contribution in [0.3, 0.4) is 0 Å². The Balaban J connectivity index is 2.63. The highest BCUT2D eigenvalue weighted by molar-refractivity contribution is 9.10. The van der Waals surface area contributed by atoms with Crippen molar-refractivity contribution < 1.29 is 13.2 Å². The third-order valence-corrected chi connectivity index (χ3v) is 2.64. The average molecular weight is 296 g/mol. The number of hydrogen-bond acceptors (Lipinski definition) is 1. The fourth-order valence-corrected chi connectivity index (χ4v) is 1.87. The lowest BCUT2D eigenvalue weighted by molar-refractivity contribution is -0.146. The van der Waals surface area contributed by atoms with E-state index in [0.717, 1.165) is 10.0 Å². The summed E-state index contributed by atoms with van der Waals surface area (Å²) < 4.78 is 37.6. The first-order valence-electron chi connectivity index (χ1n) is 4.94. The second-order valence-electron chi connectivity index (χ2n) is 3.55. The Bertz CT molecular complexity index is 338. The van der Waals surface area contributed by atoms with E-state index in [1.807, 2.05) is 24.3 Å². The monoisotopic (exact) mass is 295 g/mol. The molecule has 0 aromatic heterocycles. The van der Waals surface area contributed by atoms with E-state index >= 15 is 0 Å². The summed E-state index contributed by atoms with van der Waals surface area (Å²) in [5, 5.41) is 0. The van der Waals surface area contributed by atoms with E-state index in [1.54, 1.807) is 6.92 Å². The van der Waals surface area contributed by atoms with Crippen molar-refractivity contribution in [1.29, 1.82) is 0 Å². The number of halogens is 4. The van der Waals surface area contributed by atoms with Gasteiger partial charge in [-0.05, 0) is 24.2 Å². The molecular formula is C11H13BrF3N. The molecule has 0 fully saturated rings. The van der Waals surface area contributed by atoms with Crippen molar-refractivity contribution in [2.45, 2.75) is 19.6 Å². The number of rotatable bonds is 4. The first-order valence-corrected chi connectivity index (χ1v) is 5.73. The molecule has 0 aliphatic carbocycles. The number of nitrogens with zero attached hydrogens (tertiary/aromatic N) is 1. The summed E-state index contributed by atoms with van der Waals surface area (Å²) in [6, 6.07) is 7.33. The fourth-order valence-electron chi connectivity index (χ4n) is 1.43. The summed E-state index contributed by atoms with van der Waals surface area (Å²) in [5.41, 5.74) is 0.875. The predicted octanol–water partition coefficient (Wildman–Crippen LogP) is 3.83. The van der Waals surface area contributed by atoms with E-state index < -0.39 is 12.7 Å². The molecule has 5 heteroatoms. The Kier molecular flexibility index (Phi) is 4.80. The van der Waals surface area contributed by atoms with Crippen LogP contribution in [0.2, 0.25) is 0 Å². The molecule has 0 bridgehead atoms. The average Bonchev–Trinajstić information content (AvgIpc) is 2.14. The van der Waals surface area contributed by atoms with E-state index in [4.69, 9.17) is 0 Å². The Labute approximate surface area is 101 Å². The van der Waals surface area contributed by atoms with Gasteiger partial charge in [-0.25, -0.2) is 0 Å². The molecule has 0 aliphatic heterocycles. The summed E-state index contributed by atoms with van der Waals surface area (Å²) in [6.07, 6.45) is -4.14. The Morgan fingerprint density at radius 2 is 2.00 bits per heavy atom. The molecule has 0 saturated carbocycles. The maximum atomic E-state index is 12.2. The van der Waals surface area contributed by atoms with E-state index in [2.05, 4.69) is 15.9 Å². The summed E-state index contributed by atoms with van der Waals surface area (Å²) in [5.74, 6) is 0. The lowest BCUT2D eigenvalue weighted by Crippen LogP contribution is -2.33. The zero-order valence-electron chi connectivity index (χ0n) is 8.89. The van der Waals surface area contributed by atoms with Crippen LogP contribution in [0, 0.1) is 0 Å². The van der Waals surface area contributed by atoms with Gasteiger partial charge in [-0.3, -0.25) is 4.90 Å². The first kappa shape index (κ1) is 13.5. The van der Waals surface area contributed by atoms with Crippen LogP contribution in [-0.4, -0.2) is 24.2 Å². The highest BCUT2D eigenvalue weighted by Gasteiger charge is 2.29. The third kappa shape index (κ3) is 4.99. The van der Waals surface area contributed by atoms with E-state index in [0.29, 0.717) is 13.1 Å². The SMILES string of the molecule is CCN(Cc1cccc(Br)c1)CC(F)(F)F.